The van der Waals surface area contributed by atoms with Crippen LogP contribution in [0.3, 0.4) is 0 Å². The van der Waals surface area contributed by atoms with E-state index >= 15 is 0 Å². The number of hydrogen-bond acceptors (Lipinski definition) is 4. The molecule has 1 saturated heterocycles. The first-order valence-electron chi connectivity index (χ1n) is 11.7. The second-order valence-corrected chi connectivity index (χ2v) is 16.8. The van der Waals surface area contributed by atoms with Crippen molar-refractivity contribution in [3.8, 4) is 0 Å². The Balaban J connectivity index is 2.69. The van der Waals surface area contributed by atoms with Crippen LogP contribution in [-0.4, -0.2) is 72.2 Å². The molecule has 27 heavy (non-hydrogen) atoms. The molecule has 0 aromatic heterocycles. The molecule has 0 bridgehead atoms. The zero-order valence-corrected chi connectivity index (χ0v) is 21.3. The van der Waals surface area contributed by atoms with Gasteiger partial charge in [-0.3, -0.25) is 0 Å². The molecule has 0 aliphatic carbocycles. The Labute approximate surface area is 172 Å². The molecule has 1 aliphatic heterocycles. The molecule has 0 aromatic carbocycles. The third kappa shape index (κ3) is 8.27. The Morgan fingerprint density at radius 3 is 1.85 bits per heavy atom. The van der Waals surface area contributed by atoms with Crippen molar-refractivity contribution in [1.29, 1.82) is 0 Å². The van der Waals surface area contributed by atoms with Gasteiger partial charge in [-0.25, -0.2) is 0 Å². The van der Waals surface area contributed by atoms with Crippen molar-refractivity contribution in [2.45, 2.75) is 91.0 Å². The van der Waals surface area contributed by atoms with Crippen LogP contribution in [-0.2, 0) is 8.85 Å². The molecule has 0 N–H and O–H groups in total. The molecule has 1 rings (SSSR count). The van der Waals surface area contributed by atoms with Crippen LogP contribution in [0.15, 0.2) is 0 Å². The highest BCUT2D eigenvalue weighted by atomic mass is 28.4. The van der Waals surface area contributed by atoms with E-state index in [0.29, 0.717) is 0 Å². The van der Waals surface area contributed by atoms with Crippen LogP contribution in [0.5, 0.6) is 0 Å². The van der Waals surface area contributed by atoms with Crippen molar-refractivity contribution < 1.29 is 8.85 Å². The van der Waals surface area contributed by atoms with Gasteiger partial charge < -0.3 is 18.3 Å². The number of likely N-dealkylation sites (tertiary alicyclic amines) is 1. The highest BCUT2D eigenvalue weighted by molar-refractivity contribution is 6.77. The standard InChI is InChI=1S/C21H48N2O2Si2/c1-7-24-26(6,25-8-2)21-15-18-23(27(9-3,10-4)11-5)20-19-22-16-13-12-14-17-22/h7-21H2,1-6H3. The number of rotatable bonds is 15. The lowest BCUT2D eigenvalue weighted by molar-refractivity contribution is 0.186. The summed E-state index contributed by atoms with van der Waals surface area (Å²) in [5.41, 5.74) is 0. The molecule has 1 fully saturated rings. The molecule has 0 spiro atoms. The molecule has 0 amide bonds. The number of hydrogen-bond donors (Lipinski definition) is 0. The van der Waals surface area contributed by atoms with Gasteiger partial charge in [0.05, 0.1) is 0 Å². The maximum Gasteiger partial charge on any atom is 0.334 e. The third-order valence-electron chi connectivity index (χ3n) is 6.74. The van der Waals surface area contributed by atoms with E-state index in [-0.39, 0.29) is 0 Å². The topological polar surface area (TPSA) is 24.9 Å². The number of nitrogens with zero attached hydrogens (tertiary/aromatic N) is 2. The minimum atomic E-state index is -1.98. The highest BCUT2D eigenvalue weighted by Gasteiger charge is 2.36. The van der Waals surface area contributed by atoms with Crippen LogP contribution in [0, 0.1) is 0 Å². The summed E-state index contributed by atoms with van der Waals surface area (Å²) in [5, 5.41) is 0. The van der Waals surface area contributed by atoms with E-state index in [1.54, 1.807) is 0 Å². The van der Waals surface area contributed by atoms with Crippen molar-refractivity contribution in [3.63, 3.8) is 0 Å². The monoisotopic (exact) mass is 416 g/mol. The normalized spacial score (nSPS) is 17.0. The fourth-order valence-corrected chi connectivity index (χ4v) is 11.3. The van der Waals surface area contributed by atoms with Gasteiger partial charge in [0.25, 0.3) is 0 Å². The minimum Gasteiger partial charge on any atom is -0.395 e. The summed E-state index contributed by atoms with van der Waals surface area (Å²) in [6, 6.07) is 5.26. The van der Waals surface area contributed by atoms with E-state index in [2.05, 4.69) is 50.6 Å². The quantitative estimate of drug-likeness (QED) is 0.338. The second-order valence-electron chi connectivity index (χ2n) is 8.28. The fraction of sp³-hybridized carbons (Fsp3) is 1.00. The molecule has 1 aliphatic rings. The maximum atomic E-state index is 6.07. The first-order chi connectivity index (χ1) is 13.0. The van der Waals surface area contributed by atoms with E-state index in [0.717, 1.165) is 19.3 Å². The van der Waals surface area contributed by atoms with Crippen LogP contribution < -0.4 is 0 Å². The molecule has 0 aromatic rings. The summed E-state index contributed by atoms with van der Waals surface area (Å²) in [6.07, 6.45) is 5.43. The van der Waals surface area contributed by atoms with Crippen molar-refractivity contribution in [3.05, 3.63) is 0 Å². The van der Waals surface area contributed by atoms with Crippen molar-refractivity contribution in [1.82, 2.24) is 9.47 Å². The van der Waals surface area contributed by atoms with Crippen LogP contribution in [0.25, 0.3) is 0 Å². The summed E-state index contributed by atoms with van der Waals surface area (Å²) in [5.74, 6) is 0. The van der Waals surface area contributed by atoms with Gasteiger partial charge >= 0.3 is 8.56 Å². The lowest BCUT2D eigenvalue weighted by atomic mass is 10.1. The molecular formula is C21H48N2O2Si2. The molecule has 0 radical (unpaired) electrons. The van der Waals surface area contributed by atoms with Gasteiger partial charge in [0, 0.05) is 26.3 Å². The SMILES string of the molecule is CCO[Si](C)(CCCN(CCN1CCCCC1)[Si](CC)(CC)CC)OCC. The molecule has 0 atom stereocenters. The summed E-state index contributed by atoms with van der Waals surface area (Å²) >= 11 is 0. The van der Waals surface area contributed by atoms with Gasteiger partial charge in [0.15, 0.2) is 0 Å². The largest absolute Gasteiger partial charge is 0.395 e. The third-order valence-corrected chi connectivity index (χ3v) is 15.5. The van der Waals surface area contributed by atoms with Crippen LogP contribution in [0.4, 0.5) is 0 Å². The van der Waals surface area contributed by atoms with E-state index in [1.807, 2.05) is 0 Å². The molecular weight excluding hydrogens is 368 g/mol. The highest BCUT2D eigenvalue weighted by Crippen LogP contribution is 2.26. The lowest BCUT2D eigenvalue weighted by Crippen LogP contribution is -2.55. The Hall–Kier alpha value is 0.274. The van der Waals surface area contributed by atoms with Crippen LogP contribution >= 0.6 is 0 Å². The van der Waals surface area contributed by atoms with Gasteiger partial charge in [0.2, 0.25) is 0 Å². The Morgan fingerprint density at radius 1 is 0.815 bits per heavy atom. The number of piperidine rings is 1. The predicted molar refractivity (Wildman–Crippen MR) is 123 cm³/mol. The zero-order valence-electron chi connectivity index (χ0n) is 19.3. The Kier molecular flexibility index (Phi) is 12.6. The van der Waals surface area contributed by atoms with Crippen molar-refractivity contribution in [2.75, 3.05) is 45.9 Å². The van der Waals surface area contributed by atoms with Gasteiger partial charge in [-0.1, -0.05) is 27.2 Å². The van der Waals surface area contributed by atoms with Crippen molar-refractivity contribution >= 4 is 16.8 Å². The Bertz CT molecular complexity index is 361. The van der Waals surface area contributed by atoms with Gasteiger partial charge in [-0.15, -0.1) is 0 Å². The summed E-state index contributed by atoms with van der Waals surface area (Å²) in [6.45, 7) is 21.7. The molecule has 4 nitrogen and oxygen atoms in total. The van der Waals surface area contributed by atoms with Crippen LogP contribution in [0.1, 0.15) is 60.3 Å². The molecule has 0 saturated carbocycles. The summed E-state index contributed by atoms with van der Waals surface area (Å²) < 4.78 is 15.1. The molecule has 1 heterocycles. The zero-order chi connectivity index (χ0) is 20.2. The fourth-order valence-electron chi connectivity index (χ4n) is 4.84. The first-order valence-corrected chi connectivity index (χ1v) is 16.8. The smallest absolute Gasteiger partial charge is 0.334 e. The van der Waals surface area contributed by atoms with E-state index in [4.69, 9.17) is 8.85 Å². The van der Waals surface area contributed by atoms with E-state index in [9.17, 15) is 0 Å². The molecule has 0 unspecified atom stereocenters. The lowest BCUT2D eigenvalue weighted by Gasteiger charge is -2.42. The first kappa shape index (κ1) is 25.3. The molecule has 6 heteroatoms. The average molecular weight is 417 g/mol. The van der Waals surface area contributed by atoms with Crippen molar-refractivity contribution in [2.24, 2.45) is 0 Å². The predicted octanol–water partition coefficient (Wildman–Crippen LogP) is 5.31. The van der Waals surface area contributed by atoms with Gasteiger partial charge in [-0.2, -0.15) is 0 Å². The van der Waals surface area contributed by atoms with E-state index < -0.39 is 16.8 Å². The summed E-state index contributed by atoms with van der Waals surface area (Å²) in [7, 11) is -3.31. The maximum absolute atomic E-state index is 6.07. The minimum absolute atomic E-state index is 0.777. The van der Waals surface area contributed by atoms with E-state index in [1.165, 1.54) is 76.5 Å². The van der Waals surface area contributed by atoms with Gasteiger partial charge in [-0.05, 0) is 83.5 Å². The van der Waals surface area contributed by atoms with Crippen LogP contribution in [0.2, 0.25) is 30.7 Å². The molecule has 162 valence electrons. The average Bonchev–Trinajstić information content (AvgIpc) is 2.68. The van der Waals surface area contributed by atoms with Gasteiger partial charge in [0.1, 0.15) is 8.24 Å². The Morgan fingerprint density at radius 2 is 1.37 bits per heavy atom. The second kappa shape index (κ2) is 13.5. The summed E-state index contributed by atoms with van der Waals surface area (Å²) in [4.78, 5) is 2.70.